The fourth-order valence-corrected chi connectivity index (χ4v) is 1.96. The molecule has 0 saturated heterocycles. The second-order valence-electron chi connectivity index (χ2n) is 4.02. The molecule has 1 aromatic heterocycles. The van der Waals surface area contributed by atoms with E-state index in [1.54, 1.807) is 0 Å². The summed E-state index contributed by atoms with van der Waals surface area (Å²) in [6.45, 7) is 1.88. The van der Waals surface area contributed by atoms with Crippen molar-refractivity contribution in [3.63, 3.8) is 0 Å². The molecule has 1 N–H and O–H groups in total. The number of aryl methyl sites for hydroxylation is 2. The maximum absolute atomic E-state index is 10.5. The molecule has 0 saturated carbocycles. The minimum atomic E-state index is -0.815. The van der Waals surface area contributed by atoms with E-state index in [0.717, 1.165) is 17.2 Å². The molecular weight excluding hydrogens is 252 g/mol. The van der Waals surface area contributed by atoms with Crippen LogP contribution in [0.5, 0.6) is 0 Å². The van der Waals surface area contributed by atoms with Crippen molar-refractivity contribution in [2.24, 2.45) is 0 Å². The normalized spacial score (nSPS) is 10.6. The van der Waals surface area contributed by atoms with Crippen LogP contribution in [0.4, 0.5) is 0 Å². The Kier molecular flexibility index (Phi) is 3.67. The molecule has 0 amide bonds. The topological polar surface area (TPSA) is 55.1 Å². The van der Waals surface area contributed by atoms with Gasteiger partial charge in [-0.1, -0.05) is 17.7 Å². The number of carboxylic acids is 1. The maximum Gasteiger partial charge on any atom is 0.303 e. The number of imidazole rings is 1. The molecule has 0 radical (unpaired) electrons. The molecule has 1 aromatic carbocycles. The van der Waals surface area contributed by atoms with Gasteiger partial charge in [0.1, 0.15) is 5.82 Å². The summed E-state index contributed by atoms with van der Waals surface area (Å²) in [5.41, 5.74) is 1.70. The molecule has 18 heavy (non-hydrogen) atoms. The van der Waals surface area contributed by atoms with Crippen LogP contribution in [0, 0.1) is 6.92 Å². The third kappa shape index (κ3) is 2.90. The number of hydrogen-bond donors (Lipinski definition) is 1. The Morgan fingerprint density at radius 3 is 2.94 bits per heavy atom. The second kappa shape index (κ2) is 5.23. The van der Waals surface area contributed by atoms with Gasteiger partial charge in [0.2, 0.25) is 0 Å². The SMILES string of the molecule is Cc1nc(CCC(=O)O)cn1-c1cccc(Cl)c1. The number of hydrogen-bond acceptors (Lipinski definition) is 2. The molecule has 2 rings (SSSR count). The maximum atomic E-state index is 10.5. The van der Waals surface area contributed by atoms with Gasteiger partial charge in [-0.25, -0.2) is 4.98 Å². The molecule has 4 nitrogen and oxygen atoms in total. The highest BCUT2D eigenvalue weighted by Gasteiger charge is 2.07. The number of carboxylic acid groups (broad SMARTS) is 1. The standard InChI is InChI=1S/C13H13ClN2O2/c1-9-15-11(5-6-13(17)18)8-16(9)12-4-2-3-10(14)7-12/h2-4,7-8H,5-6H2,1H3,(H,17,18). The minimum absolute atomic E-state index is 0.0893. The number of aliphatic carboxylic acids is 1. The van der Waals surface area contributed by atoms with Gasteiger partial charge in [0.15, 0.2) is 0 Å². The number of carbonyl (C=O) groups is 1. The molecule has 0 aliphatic heterocycles. The van der Waals surface area contributed by atoms with E-state index in [-0.39, 0.29) is 6.42 Å². The average Bonchev–Trinajstić information content (AvgIpc) is 2.68. The van der Waals surface area contributed by atoms with Crippen LogP contribution in [0.25, 0.3) is 5.69 Å². The van der Waals surface area contributed by atoms with E-state index >= 15 is 0 Å². The van der Waals surface area contributed by atoms with Crippen LogP contribution < -0.4 is 0 Å². The first-order chi connectivity index (χ1) is 8.56. The third-order valence-electron chi connectivity index (χ3n) is 2.61. The second-order valence-corrected chi connectivity index (χ2v) is 4.46. The fourth-order valence-electron chi connectivity index (χ4n) is 1.78. The van der Waals surface area contributed by atoms with Crippen LogP contribution >= 0.6 is 11.6 Å². The van der Waals surface area contributed by atoms with Crippen LogP contribution in [0.15, 0.2) is 30.5 Å². The summed E-state index contributed by atoms with van der Waals surface area (Å²) >= 11 is 5.95. The quantitative estimate of drug-likeness (QED) is 0.924. The first-order valence-corrected chi connectivity index (χ1v) is 5.96. The summed E-state index contributed by atoms with van der Waals surface area (Å²) in [6.07, 6.45) is 2.37. The van der Waals surface area contributed by atoms with E-state index in [4.69, 9.17) is 16.7 Å². The molecule has 5 heteroatoms. The Balaban J connectivity index is 2.26. The van der Waals surface area contributed by atoms with E-state index in [9.17, 15) is 4.79 Å². The molecule has 0 fully saturated rings. The number of rotatable bonds is 4. The van der Waals surface area contributed by atoms with E-state index in [1.807, 2.05) is 42.0 Å². The molecule has 0 atom stereocenters. The fraction of sp³-hybridized carbons (Fsp3) is 0.231. The van der Waals surface area contributed by atoms with Gasteiger partial charge in [0.25, 0.3) is 0 Å². The Hall–Kier alpha value is -1.81. The lowest BCUT2D eigenvalue weighted by Gasteiger charge is -2.04. The Bertz CT molecular complexity index is 578. The lowest BCUT2D eigenvalue weighted by molar-refractivity contribution is -0.136. The van der Waals surface area contributed by atoms with Crippen molar-refractivity contribution < 1.29 is 9.90 Å². The van der Waals surface area contributed by atoms with Crippen LogP contribution in [0.1, 0.15) is 17.9 Å². The summed E-state index contributed by atoms with van der Waals surface area (Å²) in [5, 5.41) is 9.31. The Morgan fingerprint density at radius 1 is 1.50 bits per heavy atom. The van der Waals surface area contributed by atoms with Gasteiger partial charge in [-0.15, -0.1) is 0 Å². The zero-order valence-corrected chi connectivity index (χ0v) is 10.7. The van der Waals surface area contributed by atoms with E-state index in [0.29, 0.717) is 11.4 Å². The van der Waals surface area contributed by atoms with Gasteiger partial charge >= 0.3 is 5.97 Å². The van der Waals surface area contributed by atoms with Gasteiger partial charge in [0.05, 0.1) is 12.1 Å². The van der Waals surface area contributed by atoms with Gasteiger partial charge in [-0.05, 0) is 25.1 Å². The van der Waals surface area contributed by atoms with E-state index in [2.05, 4.69) is 4.98 Å². The van der Waals surface area contributed by atoms with Gasteiger partial charge in [-0.2, -0.15) is 0 Å². The zero-order chi connectivity index (χ0) is 13.1. The Morgan fingerprint density at radius 2 is 2.28 bits per heavy atom. The lowest BCUT2D eigenvalue weighted by Crippen LogP contribution is -1.97. The highest BCUT2D eigenvalue weighted by atomic mass is 35.5. The van der Waals surface area contributed by atoms with Crippen LogP contribution in [0.2, 0.25) is 5.02 Å². The Labute approximate surface area is 110 Å². The largest absolute Gasteiger partial charge is 0.481 e. The van der Waals surface area contributed by atoms with Crippen molar-refractivity contribution in [1.29, 1.82) is 0 Å². The van der Waals surface area contributed by atoms with Crippen molar-refractivity contribution in [2.45, 2.75) is 19.8 Å². The van der Waals surface area contributed by atoms with Crippen molar-refractivity contribution >= 4 is 17.6 Å². The van der Waals surface area contributed by atoms with Crippen molar-refractivity contribution in [3.05, 3.63) is 47.0 Å². The summed E-state index contributed by atoms with van der Waals surface area (Å²) in [4.78, 5) is 14.9. The summed E-state index contributed by atoms with van der Waals surface area (Å²) < 4.78 is 1.91. The molecule has 0 unspecified atom stereocenters. The lowest BCUT2D eigenvalue weighted by atomic mass is 10.2. The average molecular weight is 265 g/mol. The van der Waals surface area contributed by atoms with E-state index in [1.165, 1.54) is 0 Å². The van der Waals surface area contributed by atoms with Crippen molar-refractivity contribution in [1.82, 2.24) is 9.55 Å². The number of aromatic nitrogens is 2. The number of halogens is 1. The number of nitrogens with zero attached hydrogens (tertiary/aromatic N) is 2. The van der Waals surface area contributed by atoms with Crippen LogP contribution in [-0.4, -0.2) is 20.6 Å². The smallest absolute Gasteiger partial charge is 0.303 e. The molecular formula is C13H13ClN2O2. The van der Waals surface area contributed by atoms with Crippen LogP contribution in [0.3, 0.4) is 0 Å². The molecule has 0 aliphatic carbocycles. The van der Waals surface area contributed by atoms with Crippen molar-refractivity contribution in [2.75, 3.05) is 0 Å². The first kappa shape index (κ1) is 12.6. The van der Waals surface area contributed by atoms with E-state index < -0.39 is 5.97 Å². The third-order valence-corrected chi connectivity index (χ3v) is 2.85. The van der Waals surface area contributed by atoms with Gasteiger partial charge < -0.3 is 9.67 Å². The molecule has 0 aliphatic rings. The van der Waals surface area contributed by atoms with Gasteiger partial charge in [0, 0.05) is 23.3 Å². The molecule has 94 valence electrons. The number of benzene rings is 1. The highest BCUT2D eigenvalue weighted by Crippen LogP contribution is 2.17. The summed E-state index contributed by atoms with van der Waals surface area (Å²) in [6, 6.07) is 7.45. The van der Waals surface area contributed by atoms with Crippen molar-refractivity contribution in [3.8, 4) is 5.69 Å². The predicted octanol–water partition coefficient (Wildman–Crippen LogP) is 2.85. The monoisotopic (exact) mass is 264 g/mol. The summed E-state index contributed by atoms with van der Waals surface area (Å²) in [5.74, 6) is 0.00242. The molecule has 1 heterocycles. The first-order valence-electron chi connectivity index (χ1n) is 5.59. The molecule has 0 bridgehead atoms. The predicted molar refractivity (Wildman–Crippen MR) is 69.3 cm³/mol. The highest BCUT2D eigenvalue weighted by molar-refractivity contribution is 6.30. The summed E-state index contributed by atoms with van der Waals surface area (Å²) in [7, 11) is 0. The molecule has 2 aromatic rings. The van der Waals surface area contributed by atoms with Crippen LogP contribution in [-0.2, 0) is 11.2 Å². The zero-order valence-electron chi connectivity index (χ0n) is 9.93. The minimum Gasteiger partial charge on any atom is -0.481 e. The van der Waals surface area contributed by atoms with Gasteiger partial charge in [-0.3, -0.25) is 4.79 Å². The molecule has 0 spiro atoms.